The Morgan fingerprint density at radius 3 is 2.67 bits per heavy atom. The predicted octanol–water partition coefficient (Wildman–Crippen LogP) is 2.82. The van der Waals surface area contributed by atoms with Crippen LogP contribution >= 0.6 is 0 Å². The second kappa shape index (κ2) is 11.9. The summed E-state index contributed by atoms with van der Waals surface area (Å²) in [5, 5.41) is 22.8. The normalized spacial score (nSPS) is 21.0. The third kappa shape index (κ3) is 7.08. The van der Waals surface area contributed by atoms with Gasteiger partial charge in [-0.15, -0.1) is 0 Å². The van der Waals surface area contributed by atoms with Crippen LogP contribution in [-0.4, -0.2) is 54.1 Å². The maximum atomic E-state index is 12.7. The van der Waals surface area contributed by atoms with Gasteiger partial charge >= 0.3 is 0 Å². The molecule has 1 amide bonds. The lowest BCUT2D eigenvalue weighted by atomic mass is 9.99. The van der Waals surface area contributed by atoms with E-state index in [0.717, 1.165) is 25.0 Å². The topological polar surface area (TPSA) is 99.3 Å². The van der Waals surface area contributed by atoms with Gasteiger partial charge in [0, 0.05) is 36.4 Å². The van der Waals surface area contributed by atoms with Crippen molar-refractivity contribution in [3.05, 3.63) is 23.4 Å². The fraction of sp³-hybridized carbons (Fsp3) is 0.700. The van der Waals surface area contributed by atoms with Crippen molar-refractivity contribution in [2.75, 3.05) is 26.1 Å². The molecule has 27 heavy (non-hydrogen) atoms. The molecule has 0 aromatic carbocycles. The molecule has 1 aromatic rings. The zero-order chi connectivity index (χ0) is 20.4. The molecule has 1 heterocycles. The zero-order valence-corrected chi connectivity index (χ0v) is 17.5. The summed E-state index contributed by atoms with van der Waals surface area (Å²) in [4.78, 5) is 12.7. The minimum atomic E-state index is -0.235. The van der Waals surface area contributed by atoms with Crippen molar-refractivity contribution in [1.82, 2.24) is 15.5 Å². The molecular weight excluding hydrogens is 344 g/mol. The molecule has 2 rings (SSSR count). The number of nitrogens with zero attached hydrogens (tertiary/aromatic N) is 1. The lowest BCUT2D eigenvalue weighted by Gasteiger charge is -2.16. The van der Waals surface area contributed by atoms with Crippen molar-refractivity contribution in [3.63, 3.8) is 0 Å². The third-order valence-corrected chi connectivity index (χ3v) is 4.67. The lowest BCUT2D eigenvalue weighted by molar-refractivity contribution is -0.113. The molecule has 3 atom stereocenters. The van der Waals surface area contributed by atoms with E-state index in [0.29, 0.717) is 18.0 Å². The van der Waals surface area contributed by atoms with Crippen LogP contribution in [0.15, 0.2) is 17.7 Å². The fourth-order valence-electron chi connectivity index (χ4n) is 3.18. The second-order valence-electron chi connectivity index (χ2n) is 6.95. The minimum absolute atomic E-state index is 0.0251. The molecule has 1 aliphatic carbocycles. The molecule has 4 N–H and O–H groups in total. The summed E-state index contributed by atoms with van der Waals surface area (Å²) in [7, 11) is 3.48. The van der Waals surface area contributed by atoms with E-state index in [1.54, 1.807) is 7.11 Å². The SMILES string of the molecule is CC.CNC(/C=C(/C(=O)Nc1cc(C2CCC(O)C2)[nH]n1)C(C)C)COC. The van der Waals surface area contributed by atoms with Crippen LogP contribution in [0.25, 0.3) is 0 Å². The molecule has 0 radical (unpaired) electrons. The summed E-state index contributed by atoms with van der Waals surface area (Å²) in [5.41, 5.74) is 1.66. The van der Waals surface area contributed by atoms with Gasteiger partial charge in [0.2, 0.25) is 0 Å². The van der Waals surface area contributed by atoms with E-state index in [9.17, 15) is 9.90 Å². The molecule has 0 bridgehead atoms. The average molecular weight is 381 g/mol. The molecule has 1 aliphatic rings. The number of ether oxygens (including phenoxy) is 1. The van der Waals surface area contributed by atoms with Gasteiger partial charge in [-0.2, -0.15) is 5.10 Å². The van der Waals surface area contributed by atoms with Crippen molar-refractivity contribution in [2.24, 2.45) is 5.92 Å². The maximum absolute atomic E-state index is 12.7. The Hall–Kier alpha value is -1.70. The van der Waals surface area contributed by atoms with Crippen LogP contribution in [0, 0.1) is 5.92 Å². The number of aliphatic hydroxyl groups is 1. The number of carbonyl (C=O) groups is 1. The number of aliphatic hydroxyl groups excluding tert-OH is 1. The maximum Gasteiger partial charge on any atom is 0.252 e. The van der Waals surface area contributed by atoms with Crippen molar-refractivity contribution in [2.45, 2.75) is 65.0 Å². The van der Waals surface area contributed by atoms with Gasteiger partial charge in [0.05, 0.1) is 12.7 Å². The standard InChI is InChI=1S/C18H30N4O3.C2H6/c1-11(2)15(8-13(19-3)10-25-4)18(24)20-17-9-16(21-22-17)12-5-6-14(23)7-12;1-2/h8-9,11-14,19,23H,5-7,10H2,1-4H3,(H2,20,21,22,24);1-2H3/b15-8+;. The van der Waals surface area contributed by atoms with Crippen molar-refractivity contribution >= 4 is 11.7 Å². The van der Waals surface area contributed by atoms with Crippen LogP contribution in [0.5, 0.6) is 0 Å². The van der Waals surface area contributed by atoms with Gasteiger partial charge in [-0.3, -0.25) is 9.89 Å². The quantitative estimate of drug-likeness (QED) is 0.520. The van der Waals surface area contributed by atoms with E-state index in [1.165, 1.54) is 0 Å². The largest absolute Gasteiger partial charge is 0.393 e. The molecule has 0 aliphatic heterocycles. The summed E-state index contributed by atoms with van der Waals surface area (Å²) in [6.45, 7) is 8.47. The highest BCUT2D eigenvalue weighted by Gasteiger charge is 2.26. The smallest absolute Gasteiger partial charge is 0.252 e. The second-order valence-corrected chi connectivity index (χ2v) is 6.95. The Bertz CT molecular complexity index is 598. The van der Waals surface area contributed by atoms with E-state index in [2.05, 4.69) is 20.8 Å². The number of carbonyl (C=O) groups excluding carboxylic acids is 1. The van der Waals surface area contributed by atoms with Crippen LogP contribution in [0.4, 0.5) is 5.82 Å². The number of nitrogens with one attached hydrogen (secondary N) is 3. The van der Waals surface area contributed by atoms with Gasteiger partial charge in [-0.1, -0.05) is 33.8 Å². The van der Waals surface area contributed by atoms with Crippen LogP contribution in [-0.2, 0) is 9.53 Å². The molecule has 1 aromatic heterocycles. The van der Waals surface area contributed by atoms with Crippen LogP contribution in [0.3, 0.4) is 0 Å². The molecule has 1 saturated carbocycles. The highest BCUT2D eigenvalue weighted by Crippen LogP contribution is 2.34. The van der Waals surface area contributed by atoms with Gasteiger partial charge < -0.3 is 20.5 Å². The molecule has 0 spiro atoms. The molecule has 0 saturated heterocycles. The number of aromatic amines is 1. The third-order valence-electron chi connectivity index (χ3n) is 4.67. The van der Waals surface area contributed by atoms with E-state index in [-0.39, 0.29) is 29.9 Å². The highest BCUT2D eigenvalue weighted by molar-refractivity contribution is 6.03. The first-order valence-corrected chi connectivity index (χ1v) is 9.87. The number of likely N-dealkylation sites (N-methyl/N-ethyl adjacent to an activating group) is 1. The Kier molecular flexibility index (Phi) is 10.3. The first-order valence-electron chi connectivity index (χ1n) is 9.87. The summed E-state index contributed by atoms with van der Waals surface area (Å²) in [6.07, 6.45) is 4.17. The Balaban J connectivity index is 0.00000176. The van der Waals surface area contributed by atoms with Crippen molar-refractivity contribution in [3.8, 4) is 0 Å². The summed E-state index contributed by atoms with van der Waals surface area (Å²) in [5.74, 6) is 0.719. The van der Waals surface area contributed by atoms with E-state index >= 15 is 0 Å². The van der Waals surface area contributed by atoms with Crippen LogP contribution in [0.1, 0.15) is 58.6 Å². The predicted molar refractivity (Wildman–Crippen MR) is 109 cm³/mol. The van der Waals surface area contributed by atoms with Gasteiger partial charge in [-0.05, 0) is 32.2 Å². The molecule has 7 nitrogen and oxygen atoms in total. The van der Waals surface area contributed by atoms with Crippen LogP contribution < -0.4 is 10.6 Å². The first-order chi connectivity index (χ1) is 12.9. The number of aromatic nitrogens is 2. The monoisotopic (exact) mass is 380 g/mol. The highest BCUT2D eigenvalue weighted by atomic mass is 16.5. The number of rotatable bonds is 8. The molecule has 3 unspecified atom stereocenters. The van der Waals surface area contributed by atoms with E-state index in [4.69, 9.17) is 4.74 Å². The Morgan fingerprint density at radius 1 is 1.44 bits per heavy atom. The Morgan fingerprint density at radius 2 is 2.15 bits per heavy atom. The van der Waals surface area contributed by atoms with Crippen molar-refractivity contribution < 1.29 is 14.6 Å². The number of hydrogen-bond acceptors (Lipinski definition) is 5. The van der Waals surface area contributed by atoms with Gasteiger partial charge in [0.15, 0.2) is 5.82 Å². The zero-order valence-electron chi connectivity index (χ0n) is 17.5. The number of hydrogen-bond donors (Lipinski definition) is 4. The molecule has 1 fully saturated rings. The van der Waals surface area contributed by atoms with Gasteiger partial charge in [0.25, 0.3) is 5.91 Å². The van der Waals surface area contributed by atoms with Crippen molar-refractivity contribution in [1.29, 1.82) is 0 Å². The number of anilines is 1. The summed E-state index contributed by atoms with van der Waals surface area (Å²) >= 11 is 0. The summed E-state index contributed by atoms with van der Waals surface area (Å²) in [6, 6.07) is 1.84. The Labute approximate surface area is 163 Å². The lowest BCUT2D eigenvalue weighted by Crippen LogP contribution is -2.30. The van der Waals surface area contributed by atoms with Gasteiger partial charge in [0.1, 0.15) is 0 Å². The number of methoxy groups -OCH3 is 1. The van der Waals surface area contributed by atoms with E-state index < -0.39 is 0 Å². The summed E-state index contributed by atoms with van der Waals surface area (Å²) < 4.78 is 5.17. The average Bonchev–Trinajstić information content (AvgIpc) is 3.28. The molecular formula is C20H36N4O3. The first kappa shape index (κ1) is 23.3. The number of H-pyrrole nitrogens is 1. The molecule has 7 heteroatoms. The fourth-order valence-corrected chi connectivity index (χ4v) is 3.18. The number of amides is 1. The van der Waals surface area contributed by atoms with Gasteiger partial charge in [-0.25, -0.2) is 0 Å². The van der Waals surface area contributed by atoms with Crippen LogP contribution in [0.2, 0.25) is 0 Å². The van der Waals surface area contributed by atoms with E-state index in [1.807, 2.05) is 46.9 Å². The minimum Gasteiger partial charge on any atom is -0.393 e. The molecule has 154 valence electrons.